The van der Waals surface area contributed by atoms with E-state index in [1.54, 1.807) is 12.3 Å². The van der Waals surface area contributed by atoms with Crippen molar-refractivity contribution >= 4 is 34.8 Å². The zero-order valence-electron chi connectivity index (χ0n) is 9.36. The second kappa shape index (κ2) is 7.24. The topological polar surface area (TPSA) is 68.3 Å². The Labute approximate surface area is 108 Å². The molecule has 17 heavy (non-hydrogen) atoms. The molecule has 1 N–H and O–H groups in total. The summed E-state index contributed by atoms with van der Waals surface area (Å²) in [5, 5.41) is 4.95. The number of aromatic nitrogens is 1. The van der Waals surface area contributed by atoms with E-state index in [9.17, 15) is 9.59 Å². The first kappa shape index (κ1) is 13.9. The van der Waals surface area contributed by atoms with Crippen LogP contribution in [-0.2, 0) is 26.6 Å². The molecule has 0 atom stereocenters. The second-order valence-electron chi connectivity index (χ2n) is 3.12. The zero-order valence-corrected chi connectivity index (χ0v) is 10.9. The fourth-order valence-electron chi connectivity index (χ4n) is 1.07. The van der Waals surface area contributed by atoms with Gasteiger partial charge >= 0.3 is 5.97 Å². The van der Waals surface area contributed by atoms with Crippen LogP contribution >= 0.6 is 22.9 Å². The molecule has 0 spiro atoms. The summed E-state index contributed by atoms with van der Waals surface area (Å²) in [4.78, 5) is 26.6. The number of nitrogens with zero attached hydrogens (tertiary/aromatic N) is 1. The third-order valence-electron chi connectivity index (χ3n) is 1.78. The molecule has 1 heterocycles. The van der Waals surface area contributed by atoms with E-state index >= 15 is 0 Å². The van der Waals surface area contributed by atoms with E-state index in [1.807, 2.05) is 0 Å². The van der Waals surface area contributed by atoms with Crippen molar-refractivity contribution in [2.45, 2.75) is 19.2 Å². The second-order valence-corrected chi connectivity index (χ2v) is 4.33. The lowest BCUT2D eigenvalue weighted by molar-refractivity contribution is -0.143. The van der Waals surface area contributed by atoms with Crippen LogP contribution in [0, 0.1) is 0 Å². The Morgan fingerprint density at radius 1 is 1.59 bits per heavy atom. The van der Waals surface area contributed by atoms with Crippen LogP contribution in [0.15, 0.2) is 5.38 Å². The first-order valence-electron chi connectivity index (χ1n) is 5.07. The fourth-order valence-corrected chi connectivity index (χ4v) is 2.10. The Bertz CT molecular complexity index is 395. The molecule has 0 aliphatic heterocycles. The number of carbonyl (C=O) groups excluding carboxylic acids is 2. The van der Waals surface area contributed by atoms with Crippen LogP contribution in [-0.4, -0.2) is 30.0 Å². The van der Waals surface area contributed by atoms with Gasteiger partial charge in [-0.3, -0.25) is 9.59 Å². The lowest BCUT2D eigenvalue weighted by Gasteiger charge is -2.03. The molecule has 0 saturated carbocycles. The first-order valence-corrected chi connectivity index (χ1v) is 6.48. The number of esters is 1. The molecule has 0 unspecified atom stereocenters. The van der Waals surface area contributed by atoms with E-state index < -0.39 is 5.97 Å². The number of amides is 1. The molecule has 0 fully saturated rings. The summed E-state index contributed by atoms with van der Waals surface area (Å²) in [6.45, 7) is 1.91. The maximum absolute atomic E-state index is 11.4. The van der Waals surface area contributed by atoms with Crippen molar-refractivity contribution in [1.82, 2.24) is 10.3 Å². The zero-order chi connectivity index (χ0) is 12.7. The number of rotatable bonds is 6. The van der Waals surface area contributed by atoms with Gasteiger partial charge in [0.15, 0.2) is 0 Å². The summed E-state index contributed by atoms with van der Waals surface area (Å²) in [6, 6.07) is 0. The largest absolute Gasteiger partial charge is 0.465 e. The van der Waals surface area contributed by atoms with Crippen molar-refractivity contribution in [1.29, 1.82) is 0 Å². The van der Waals surface area contributed by atoms with Gasteiger partial charge in [-0.15, -0.1) is 22.9 Å². The number of alkyl halides is 1. The summed E-state index contributed by atoms with van der Waals surface area (Å²) in [5.41, 5.74) is 0.754. The van der Waals surface area contributed by atoms with Crippen molar-refractivity contribution in [3.05, 3.63) is 16.1 Å². The van der Waals surface area contributed by atoms with Gasteiger partial charge in [0, 0.05) is 5.38 Å². The monoisotopic (exact) mass is 276 g/mol. The molecule has 0 aliphatic rings. The van der Waals surface area contributed by atoms with Gasteiger partial charge in [0.1, 0.15) is 11.6 Å². The van der Waals surface area contributed by atoms with Gasteiger partial charge in [0.25, 0.3) is 0 Å². The molecule has 1 aromatic heterocycles. The molecule has 1 aromatic rings. The minimum absolute atomic E-state index is 0.111. The van der Waals surface area contributed by atoms with E-state index in [2.05, 4.69) is 15.0 Å². The van der Waals surface area contributed by atoms with Crippen LogP contribution in [0.3, 0.4) is 0 Å². The number of hydrogen-bond acceptors (Lipinski definition) is 5. The lowest BCUT2D eigenvalue weighted by Crippen LogP contribution is -2.31. The predicted molar refractivity (Wildman–Crippen MR) is 65.0 cm³/mol. The first-order chi connectivity index (χ1) is 8.15. The molecule has 0 radical (unpaired) electrons. The maximum atomic E-state index is 11.4. The molecule has 0 aromatic carbocycles. The third-order valence-corrected chi connectivity index (χ3v) is 2.95. The van der Waals surface area contributed by atoms with E-state index in [0.29, 0.717) is 17.5 Å². The standard InChI is InChI=1S/C10H13ClN2O3S/c1-2-16-10(15)5-12-8(14)3-9-13-7(4-11)6-17-9/h6H,2-5H2,1H3,(H,12,14). The van der Waals surface area contributed by atoms with Crippen LogP contribution in [0.4, 0.5) is 0 Å². The number of carbonyl (C=O) groups is 2. The Morgan fingerprint density at radius 2 is 2.35 bits per heavy atom. The van der Waals surface area contributed by atoms with E-state index in [0.717, 1.165) is 5.69 Å². The van der Waals surface area contributed by atoms with Crippen LogP contribution in [0.25, 0.3) is 0 Å². The van der Waals surface area contributed by atoms with Crippen molar-refractivity contribution < 1.29 is 14.3 Å². The quantitative estimate of drug-likeness (QED) is 0.624. The van der Waals surface area contributed by atoms with Crippen LogP contribution in [0.5, 0.6) is 0 Å². The lowest BCUT2D eigenvalue weighted by atomic mass is 10.4. The highest BCUT2D eigenvalue weighted by Gasteiger charge is 2.09. The smallest absolute Gasteiger partial charge is 0.325 e. The molecule has 0 bridgehead atoms. The van der Waals surface area contributed by atoms with Gasteiger partial charge in [-0.05, 0) is 6.92 Å². The molecule has 1 rings (SSSR count). The minimum atomic E-state index is -0.443. The predicted octanol–water partition coefficient (Wildman–Crippen LogP) is 1.10. The summed E-state index contributed by atoms with van der Waals surface area (Å²) < 4.78 is 4.68. The van der Waals surface area contributed by atoms with Crippen LogP contribution in [0.1, 0.15) is 17.6 Å². The Hall–Kier alpha value is -1.14. The number of thiazole rings is 1. The summed E-state index contributed by atoms with van der Waals surface area (Å²) in [6.07, 6.45) is 0.154. The van der Waals surface area contributed by atoms with E-state index in [4.69, 9.17) is 11.6 Å². The van der Waals surface area contributed by atoms with Crippen molar-refractivity contribution in [3.63, 3.8) is 0 Å². The van der Waals surface area contributed by atoms with Crippen molar-refractivity contribution in [2.75, 3.05) is 13.2 Å². The van der Waals surface area contributed by atoms with Gasteiger partial charge in [0.05, 0.1) is 24.6 Å². The highest BCUT2D eigenvalue weighted by Crippen LogP contribution is 2.11. The highest BCUT2D eigenvalue weighted by atomic mass is 35.5. The van der Waals surface area contributed by atoms with Crippen molar-refractivity contribution in [3.8, 4) is 0 Å². The average Bonchev–Trinajstić information content (AvgIpc) is 2.74. The molecule has 0 saturated heterocycles. The maximum Gasteiger partial charge on any atom is 0.325 e. The van der Waals surface area contributed by atoms with Gasteiger partial charge < -0.3 is 10.1 Å². The molecule has 1 amide bonds. The Kier molecular flexibility index (Phi) is 5.93. The molecular formula is C10H13ClN2O3S. The third kappa shape index (κ3) is 5.14. The van der Waals surface area contributed by atoms with Gasteiger partial charge in [-0.2, -0.15) is 0 Å². The summed E-state index contributed by atoms with van der Waals surface area (Å²) >= 11 is 6.97. The number of ether oxygens (including phenoxy) is 1. The van der Waals surface area contributed by atoms with E-state index in [-0.39, 0.29) is 18.9 Å². The van der Waals surface area contributed by atoms with Crippen molar-refractivity contribution in [2.24, 2.45) is 0 Å². The van der Waals surface area contributed by atoms with E-state index in [1.165, 1.54) is 11.3 Å². The number of hydrogen-bond donors (Lipinski definition) is 1. The normalized spacial score (nSPS) is 10.0. The molecule has 94 valence electrons. The SMILES string of the molecule is CCOC(=O)CNC(=O)Cc1nc(CCl)cs1. The van der Waals surface area contributed by atoms with Gasteiger partial charge in [-0.25, -0.2) is 4.98 Å². The van der Waals surface area contributed by atoms with Crippen LogP contribution in [0.2, 0.25) is 0 Å². The van der Waals surface area contributed by atoms with Gasteiger partial charge in [0.2, 0.25) is 5.91 Å². The van der Waals surface area contributed by atoms with Gasteiger partial charge in [-0.1, -0.05) is 0 Å². The fraction of sp³-hybridized carbons (Fsp3) is 0.500. The Morgan fingerprint density at radius 3 is 2.94 bits per heavy atom. The average molecular weight is 277 g/mol. The summed E-state index contributed by atoms with van der Waals surface area (Å²) in [7, 11) is 0. The Balaban J connectivity index is 2.32. The molecule has 7 heteroatoms. The highest BCUT2D eigenvalue weighted by molar-refractivity contribution is 7.09. The number of nitrogens with one attached hydrogen (secondary N) is 1. The summed E-state index contributed by atoms with van der Waals surface area (Å²) in [5.74, 6) is -0.365. The molecule has 0 aliphatic carbocycles. The molecule has 5 nitrogen and oxygen atoms in total. The van der Waals surface area contributed by atoms with Crippen LogP contribution < -0.4 is 5.32 Å². The minimum Gasteiger partial charge on any atom is -0.465 e. The number of halogens is 1. The molecular weight excluding hydrogens is 264 g/mol.